The fourth-order valence-corrected chi connectivity index (χ4v) is 1.88. The van der Waals surface area contributed by atoms with Crippen molar-refractivity contribution < 1.29 is 9.13 Å². The summed E-state index contributed by atoms with van der Waals surface area (Å²) >= 11 is 5.95. The first-order chi connectivity index (χ1) is 9.01. The Morgan fingerprint density at radius 1 is 1.21 bits per heavy atom. The molecule has 0 amide bonds. The van der Waals surface area contributed by atoms with Gasteiger partial charge in [-0.25, -0.2) is 4.39 Å². The van der Waals surface area contributed by atoms with Crippen molar-refractivity contribution in [1.29, 1.82) is 0 Å². The minimum Gasteiger partial charge on any atom is -0.494 e. The number of nitrogen functional groups attached to an aromatic ring is 1. The van der Waals surface area contributed by atoms with Gasteiger partial charge in [0.25, 0.3) is 0 Å². The van der Waals surface area contributed by atoms with Crippen LogP contribution in [0.5, 0.6) is 5.75 Å². The summed E-state index contributed by atoms with van der Waals surface area (Å²) in [6.45, 7) is 1.94. The lowest BCUT2D eigenvalue weighted by Crippen LogP contribution is -2.00. The standard InChI is InChI=1S/C14H14ClFN2O/c1-8-3-4-9(15)5-12(8)18-13-7-14(19-2)10(16)6-11(13)17/h3-7,18H,17H2,1-2H3. The normalized spacial score (nSPS) is 10.3. The van der Waals surface area contributed by atoms with Crippen molar-refractivity contribution in [2.24, 2.45) is 0 Å². The zero-order valence-corrected chi connectivity index (χ0v) is 11.4. The monoisotopic (exact) mass is 280 g/mol. The topological polar surface area (TPSA) is 47.3 Å². The molecule has 5 heteroatoms. The van der Waals surface area contributed by atoms with E-state index < -0.39 is 5.82 Å². The van der Waals surface area contributed by atoms with Crippen LogP contribution in [0, 0.1) is 12.7 Å². The summed E-state index contributed by atoms with van der Waals surface area (Å²) in [7, 11) is 1.41. The molecule has 3 N–H and O–H groups in total. The fraction of sp³-hybridized carbons (Fsp3) is 0.143. The summed E-state index contributed by atoms with van der Waals surface area (Å²) in [5.41, 5.74) is 8.49. The number of nitrogens with two attached hydrogens (primary N) is 1. The molecule has 2 rings (SSSR count). The highest BCUT2D eigenvalue weighted by atomic mass is 35.5. The van der Waals surface area contributed by atoms with E-state index in [4.69, 9.17) is 22.1 Å². The maximum absolute atomic E-state index is 13.5. The summed E-state index contributed by atoms with van der Waals surface area (Å²) < 4.78 is 18.4. The molecule has 0 saturated heterocycles. The number of benzene rings is 2. The number of methoxy groups -OCH3 is 1. The lowest BCUT2D eigenvalue weighted by molar-refractivity contribution is 0.387. The average molecular weight is 281 g/mol. The molecule has 0 spiro atoms. The molecule has 19 heavy (non-hydrogen) atoms. The van der Waals surface area contributed by atoms with E-state index >= 15 is 0 Å². The van der Waals surface area contributed by atoms with Gasteiger partial charge in [0.15, 0.2) is 11.6 Å². The smallest absolute Gasteiger partial charge is 0.167 e. The summed E-state index contributed by atoms with van der Waals surface area (Å²) in [5.74, 6) is -0.357. The average Bonchev–Trinajstić information content (AvgIpc) is 2.37. The largest absolute Gasteiger partial charge is 0.494 e. The van der Waals surface area contributed by atoms with E-state index in [0.29, 0.717) is 16.4 Å². The molecule has 0 bridgehead atoms. The van der Waals surface area contributed by atoms with Crippen molar-refractivity contribution in [3.05, 3.63) is 46.7 Å². The van der Waals surface area contributed by atoms with Crippen LogP contribution < -0.4 is 15.8 Å². The molecular formula is C14H14ClFN2O. The van der Waals surface area contributed by atoms with Crippen LogP contribution in [-0.2, 0) is 0 Å². The van der Waals surface area contributed by atoms with Gasteiger partial charge in [-0.05, 0) is 24.6 Å². The van der Waals surface area contributed by atoms with Gasteiger partial charge in [0.05, 0.1) is 18.5 Å². The quantitative estimate of drug-likeness (QED) is 0.831. The maximum Gasteiger partial charge on any atom is 0.167 e. The van der Waals surface area contributed by atoms with Crippen LogP contribution in [0.15, 0.2) is 30.3 Å². The highest BCUT2D eigenvalue weighted by molar-refractivity contribution is 6.30. The van der Waals surface area contributed by atoms with E-state index in [9.17, 15) is 4.39 Å². The summed E-state index contributed by atoms with van der Waals surface area (Å²) in [4.78, 5) is 0. The third-order valence-electron chi connectivity index (χ3n) is 2.79. The van der Waals surface area contributed by atoms with E-state index in [2.05, 4.69) is 5.32 Å². The van der Waals surface area contributed by atoms with Crippen molar-refractivity contribution in [1.82, 2.24) is 0 Å². The highest BCUT2D eigenvalue weighted by Crippen LogP contribution is 2.32. The fourth-order valence-electron chi connectivity index (χ4n) is 1.71. The highest BCUT2D eigenvalue weighted by Gasteiger charge is 2.09. The first-order valence-electron chi connectivity index (χ1n) is 5.67. The lowest BCUT2D eigenvalue weighted by atomic mass is 10.1. The molecule has 0 aliphatic rings. The van der Waals surface area contributed by atoms with Crippen LogP contribution in [0.3, 0.4) is 0 Å². The van der Waals surface area contributed by atoms with E-state index in [-0.39, 0.29) is 5.75 Å². The molecule has 2 aromatic rings. The van der Waals surface area contributed by atoms with Crippen molar-refractivity contribution >= 4 is 28.7 Å². The number of halogens is 2. The second-order valence-corrected chi connectivity index (χ2v) is 4.59. The first-order valence-corrected chi connectivity index (χ1v) is 6.05. The third kappa shape index (κ3) is 2.90. The molecule has 0 fully saturated rings. The van der Waals surface area contributed by atoms with E-state index in [1.165, 1.54) is 19.2 Å². The van der Waals surface area contributed by atoms with Crippen LogP contribution in [0.25, 0.3) is 0 Å². The van der Waals surface area contributed by atoms with Gasteiger partial charge < -0.3 is 15.8 Å². The molecule has 0 atom stereocenters. The van der Waals surface area contributed by atoms with Crippen molar-refractivity contribution in [3.63, 3.8) is 0 Å². The molecule has 0 heterocycles. The van der Waals surface area contributed by atoms with E-state index in [1.54, 1.807) is 12.1 Å². The second kappa shape index (κ2) is 5.36. The molecule has 0 saturated carbocycles. The molecule has 0 radical (unpaired) electrons. The Kier molecular flexibility index (Phi) is 3.81. The summed E-state index contributed by atoms with van der Waals surface area (Å²) in [5, 5.41) is 3.74. The van der Waals surface area contributed by atoms with Gasteiger partial charge in [-0.3, -0.25) is 0 Å². The molecule has 3 nitrogen and oxygen atoms in total. The molecule has 100 valence electrons. The molecule has 2 aromatic carbocycles. The lowest BCUT2D eigenvalue weighted by Gasteiger charge is -2.14. The number of aryl methyl sites for hydroxylation is 1. The van der Waals surface area contributed by atoms with Crippen molar-refractivity contribution in [2.75, 3.05) is 18.2 Å². The predicted octanol–water partition coefficient (Wildman–Crippen LogP) is 4.12. The molecule has 0 aromatic heterocycles. The number of hydrogen-bond donors (Lipinski definition) is 2. The zero-order chi connectivity index (χ0) is 14.0. The Hall–Kier alpha value is -1.94. The molecule has 0 aliphatic carbocycles. The molecular weight excluding hydrogens is 267 g/mol. The van der Waals surface area contributed by atoms with Crippen LogP contribution >= 0.6 is 11.6 Å². The van der Waals surface area contributed by atoms with Crippen molar-refractivity contribution in [3.8, 4) is 5.75 Å². The van der Waals surface area contributed by atoms with Gasteiger partial charge in [-0.15, -0.1) is 0 Å². The van der Waals surface area contributed by atoms with Gasteiger partial charge in [0, 0.05) is 22.8 Å². The van der Waals surface area contributed by atoms with Gasteiger partial charge in [0.1, 0.15) is 0 Å². The van der Waals surface area contributed by atoms with Crippen LogP contribution in [0.2, 0.25) is 5.02 Å². The Morgan fingerprint density at radius 3 is 2.63 bits per heavy atom. The first kappa shape index (κ1) is 13.5. The van der Waals surface area contributed by atoms with Gasteiger partial charge in [-0.2, -0.15) is 0 Å². The van der Waals surface area contributed by atoms with Gasteiger partial charge >= 0.3 is 0 Å². The van der Waals surface area contributed by atoms with E-state index in [0.717, 1.165) is 11.3 Å². The van der Waals surface area contributed by atoms with Crippen LogP contribution in [-0.4, -0.2) is 7.11 Å². The number of nitrogens with one attached hydrogen (secondary N) is 1. The molecule has 0 aliphatic heterocycles. The minimum absolute atomic E-state index is 0.136. The number of hydrogen-bond acceptors (Lipinski definition) is 3. The summed E-state index contributed by atoms with van der Waals surface area (Å²) in [6.07, 6.45) is 0. The SMILES string of the molecule is COc1cc(Nc2cc(Cl)ccc2C)c(N)cc1F. The Labute approximate surface area is 116 Å². The maximum atomic E-state index is 13.5. The van der Waals surface area contributed by atoms with Crippen LogP contribution in [0.1, 0.15) is 5.56 Å². The Morgan fingerprint density at radius 2 is 1.95 bits per heavy atom. The zero-order valence-electron chi connectivity index (χ0n) is 10.6. The van der Waals surface area contributed by atoms with E-state index in [1.807, 2.05) is 13.0 Å². The number of ether oxygens (including phenoxy) is 1. The molecule has 0 unspecified atom stereocenters. The van der Waals surface area contributed by atoms with Crippen LogP contribution in [0.4, 0.5) is 21.5 Å². The predicted molar refractivity (Wildman–Crippen MR) is 76.8 cm³/mol. The third-order valence-corrected chi connectivity index (χ3v) is 3.03. The number of rotatable bonds is 3. The minimum atomic E-state index is -0.492. The Bertz CT molecular complexity index is 617. The van der Waals surface area contributed by atoms with Gasteiger partial charge in [0.2, 0.25) is 0 Å². The van der Waals surface area contributed by atoms with Gasteiger partial charge in [-0.1, -0.05) is 17.7 Å². The van der Waals surface area contributed by atoms with Crippen molar-refractivity contribution in [2.45, 2.75) is 6.92 Å². The number of anilines is 3. The Balaban J connectivity index is 2.40. The second-order valence-electron chi connectivity index (χ2n) is 4.16. The summed E-state index contributed by atoms with van der Waals surface area (Å²) in [6, 6.07) is 8.22.